The Morgan fingerprint density at radius 1 is 1.67 bits per heavy atom. The van der Waals surface area contributed by atoms with E-state index in [9.17, 15) is 0 Å². The lowest BCUT2D eigenvalue weighted by Crippen LogP contribution is -2.38. The number of aromatic nitrogens is 2. The Kier molecular flexibility index (Phi) is 2.75. The Bertz CT molecular complexity index is 339. The number of aliphatic hydroxyl groups excluding tert-OH is 1. The molecular formula is C10H17N3O2. The molecule has 0 aromatic carbocycles. The summed E-state index contributed by atoms with van der Waals surface area (Å²) in [7, 11) is 0. The quantitative estimate of drug-likeness (QED) is 0.754. The van der Waals surface area contributed by atoms with E-state index < -0.39 is 0 Å². The van der Waals surface area contributed by atoms with Crippen molar-refractivity contribution in [2.24, 2.45) is 5.73 Å². The van der Waals surface area contributed by atoms with Gasteiger partial charge in [-0.3, -0.25) is 0 Å². The molecule has 3 N–H and O–H groups in total. The van der Waals surface area contributed by atoms with Crippen LogP contribution in [0.2, 0.25) is 0 Å². The van der Waals surface area contributed by atoms with E-state index in [-0.39, 0.29) is 18.1 Å². The number of rotatable bonds is 3. The van der Waals surface area contributed by atoms with Crippen molar-refractivity contribution < 1.29 is 9.63 Å². The topological polar surface area (TPSA) is 85.2 Å². The van der Waals surface area contributed by atoms with Crippen LogP contribution in [0.25, 0.3) is 0 Å². The van der Waals surface area contributed by atoms with Crippen LogP contribution in [-0.4, -0.2) is 27.9 Å². The predicted octanol–water partition coefficient (Wildman–Crippen LogP) is 0.373. The average Bonchev–Trinajstić information content (AvgIpc) is 2.77. The average molecular weight is 211 g/mol. The number of hydrogen-bond acceptors (Lipinski definition) is 5. The summed E-state index contributed by atoms with van der Waals surface area (Å²) in [6.45, 7) is 2.11. The van der Waals surface area contributed by atoms with E-state index in [1.165, 1.54) is 0 Å². The Morgan fingerprint density at radius 3 is 3.07 bits per heavy atom. The van der Waals surface area contributed by atoms with Crippen molar-refractivity contribution in [2.75, 3.05) is 6.61 Å². The third-order valence-electron chi connectivity index (χ3n) is 3.32. The molecule has 5 heteroatoms. The molecule has 1 aliphatic rings. The Hall–Kier alpha value is -0.940. The van der Waals surface area contributed by atoms with E-state index in [4.69, 9.17) is 15.4 Å². The zero-order valence-electron chi connectivity index (χ0n) is 8.94. The zero-order valence-corrected chi connectivity index (χ0v) is 8.94. The first-order valence-electron chi connectivity index (χ1n) is 5.36. The maximum absolute atomic E-state index is 8.76. The first kappa shape index (κ1) is 10.6. The summed E-state index contributed by atoms with van der Waals surface area (Å²) < 4.78 is 5.22. The molecule has 0 bridgehead atoms. The third kappa shape index (κ3) is 1.77. The molecular weight excluding hydrogens is 194 g/mol. The van der Waals surface area contributed by atoms with E-state index >= 15 is 0 Å². The fourth-order valence-corrected chi connectivity index (χ4v) is 2.15. The van der Waals surface area contributed by atoms with E-state index in [1.807, 2.05) is 0 Å². The standard InChI is InChI=1S/C10H17N3O2/c1-10(5-2-3-7(10)11)9-12-8(4-6-14)13-15-9/h7,14H,2-6,11H2,1H3. The smallest absolute Gasteiger partial charge is 0.234 e. The summed E-state index contributed by atoms with van der Waals surface area (Å²) in [5.41, 5.74) is 5.87. The highest BCUT2D eigenvalue weighted by Gasteiger charge is 2.42. The summed E-state index contributed by atoms with van der Waals surface area (Å²) in [4.78, 5) is 4.29. The van der Waals surface area contributed by atoms with Crippen molar-refractivity contribution >= 4 is 0 Å². The van der Waals surface area contributed by atoms with Gasteiger partial charge in [0.25, 0.3) is 0 Å². The molecule has 1 aromatic rings. The second-order valence-electron chi connectivity index (χ2n) is 4.41. The molecule has 84 valence electrons. The molecule has 0 aliphatic heterocycles. The highest BCUT2D eigenvalue weighted by molar-refractivity contribution is 5.11. The van der Waals surface area contributed by atoms with Gasteiger partial charge in [-0.05, 0) is 19.8 Å². The van der Waals surface area contributed by atoms with E-state index in [2.05, 4.69) is 17.1 Å². The molecule has 5 nitrogen and oxygen atoms in total. The van der Waals surface area contributed by atoms with Gasteiger partial charge in [-0.1, -0.05) is 11.6 Å². The summed E-state index contributed by atoms with van der Waals surface area (Å²) >= 11 is 0. The number of hydrogen-bond donors (Lipinski definition) is 2. The van der Waals surface area contributed by atoms with Crippen LogP contribution >= 0.6 is 0 Å². The van der Waals surface area contributed by atoms with Crippen molar-refractivity contribution in [3.8, 4) is 0 Å². The van der Waals surface area contributed by atoms with Crippen LogP contribution in [-0.2, 0) is 11.8 Å². The lowest BCUT2D eigenvalue weighted by molar-refractivity contribution is 0.272. The van der Waals surface area contributed by atoms with Crippen molar-refractivity contribution in [1.82, 2.24) is 10.1 Å². The van der Waals surface area contributed by atoms with Gasteiger partial charge >= 0.3 is 0 Å². The normalized spacial score (nSPS) is 31.0. The van der Waals surface area contributed by atoms with Gasteiger partial charge < -0.3 is 15.4 Å². The van der Waals surface area contributed by atoms with Gasteiger partial charge in [-0.15, -0.1) is 0 Å². The van der Waals surface area contributed by atoms with Crippen LogP contribution < -0.4 is 5.73 Å². The van der Waals surface area contributed by atoms with Gasteiger partial charge in [-0.2, -0.15) is 4.98 Å². The second-order valence-corrected chi connectivity index (χ2v) is 4.41. The third-order valence-corrected chi connectivity index (χ3v) is 3.32. The Labute approximate surface area is 88.7 Å². The van der Waals surface area contributed by atoms with Gasteiger partial charge in [-0.25, -0.2) is 0 Å². The van der Waals surface area contributed by atoms with Gasteiger partial charge in [0.15, 0.2) is 5.82 Å². The first-order valence-corrected chi connectivity index (χ1v) is 5.36. The molecule has 1 aliphatic carbocycles. The summed E-state index contributed by atoms with van der Waals surface area (Å²) in [6.07, 6.45) is 3.55. The molecule has 2 rings (SSSR count). The summed E-state index contributed by atoms with van der Waals surface area (Å²) in [5, 5.41) is 12.6. The summed E-state index contributed by atoms with van der Waals surface area (Å²) in [6, 6.07) is 0.0972. The molecule has 0 spiro atoms. The second kappa shape index (κ2) is 3.90. The lowest BCUT2D eigenvalue weighted by Gasteiger charge is -2.23. The monoisotopic (exact) mass is 211 g/mol. The minimum atomic E-state index is -0.180. The lowest BCUT2D eigenvalue weighted by atomic mass is 9.85. The molecule has 0 saturated heterocycles. The molecule has 0 amide bonds. The minimum absolute atomic E-state index is 0.0434. The minimum Gasteiger partial charge on any atom is -0.396 e. The van der Waals surface area contributed by atoms with Crippen molar-refractivity contribution in [3.63, 3.8) is 0 Å². The molecule has 1 aromatic heterocycles. The van der Waals surface area contributed by atoms with E-state index in [0.29, 0.717) is 18.1 Å². The summed E-state index contributed by atoms with van der Waals surface area (Å²) in [5.74, 6) is 1.18. The van der Waals surface area contributed by atoms with Crippen molar-refractivity contribution in [3.05, 3.63) is 11.7 Å². The SMILES string of the molecule is CC1(c2nc(CCO)no2)CCCC1N. The molecule has 15 heavy (non-hydrogen) atoms. The number of nitrogens with two attached hydrogens (primary N) is 1. The number of nitrogens with zero attached hydrogens (tertiary/aromatic N) is 2. The van der Waals surface area contributed by atoms with Gasteiger partial charge in [0.1, 0.15) is 0 Å². The molecule has 0 radical (unpaired) electrons. The van der Waals surface area contributed by atoms with Crippen LogP contribution in [0, 0.1) is 0 Å². The predicted molar refractivity (Wildman–Crippen MR) is 54.3 cm³/mol. The Morgan fingerprint density at radius 2 is 2.47 bits per heavy atom. The Balaban J connectivity index is 2.21. The van der Waals surface area contributed by atoms with Crippen LogP contribution in [0.15, 0.2) is 4.52 Å². The fraction of sp³-hybridized carbons (Fsp3) is 0.800. The maximum atomic E-state index is 8.76. The van der Waals surface area contributed by atoms with Crippen LogP contribution in [0.5, 0.6) is 0 Å². The highest BCUT2D eigenvalue weighted by atomic mass is 16.5. The highest BCUT2D eigenvalue weighted by Crippen LogP contribution is 2.38. The largest absolute Gasteiger partial charge is 0.396 e. The van der Waals surface area contributed by atoms with E-state index in [1.54, 1.807) is 0 Å². The van der Waals surface area contributed by atoms with Crippen LogP contribution in [0.4, 0.5) is 0 Å². The zero-order chi connectivity index (χ0) is 10.9. The van der Waals surface area contributed by atoms with Crippen LogP contribution in [0.1, 0.15) is 37.9 Å². The van der Waals surface area contributed by atoms with Gasteiger partial charge in [0.05, 0.1) is 12.0 Å². The molecule has 1 heterocycles. The maximum Gasteiger partial charge on any atom is 0.234 e. The number of aliphatic hydroxyl groups is 1. The molecule has 2 unspecified atom stereocenters. The van der Waals surface area contributed by atoms with Crippen LogP contribution in [0.3, 0.4) is 0 Å². The molecule has 1 fully saturated rings. The molecule has 2 atom stereocenters. The van der Waals surface area contributed by atoms with Gasteiger partial charge in [0, 0.05) is 12.5 Å². The van der Waals surface area contributed by atoms with Crippen molar-refractivity contribution in [2.45, 2.75) is 44.1 Å². The van der Waals surface area contributed by atoms with E-state index in [0.717, 1.165) is 19.3 Å². The van der Waals surface area contributed by atoms with Crippen molar-refractivity contribution in [1.29, 1.82) is 0 Å². The molecule has 1 saturated carbocycles. The fourth-order valence-electron chi connectivity index (χ4n) is 2.15. The van der Waals surface area contributed by atoms with Gasteiger partial charge in [0.2, 0.25) is 5.89 Å². The first-order chi connectivity index (χ1) is 7.16.